The summed E-state index contributed by atoms with van der Waals surface area (Å²) in [5.41, 5.74) is 6.96. The number of aryl methyl sites for hydroxylation is 2. The van der Waals surface area contributed by atoms with Gasteiger partial charge in [-0.3, -0.25) is 0 Å². The first-order valence-electron chi connectivity index (χ1n) is 10.6. The molecule has 0 aliphatic heterocycles. The van der Waals surface area contributed by atoms with E-state index in [1.165, 1.54) is 49.4 Å². The van der Waals surface area contributed by atoms with Gasteiger partial charge in [-0.2, -0.15) is 0 Å². The first-order valence-corrected chi connectivity index (χ1v) is 10.6. The van der Waals surface area contributed by atoms with Gasteiger partial charge in [0.05, 0.1) is 0 Å². The van der Waals surface area contributed by atoms with Gasteiger partial charge < -0.3 is 0 Å². The molecule has 0 amide bonds. The molecule has 0 fully saturated rings. The molecule has 144 valence electrons. The van der Waals surface area contributed by atoms with Crippen molar-refractivity contribution in [3.8, 4) is 11.1 Å². The van der Waals surface area contributed by atoms with E-state index in [-0.39, 0.29) is 0 Å². The molecule has 0 spiro atoms. The summed E-state index contributed by atoms with van der Waals surface area (Å²) in [6, 6.07) is 24.6. The number of rotatable bonds is 3. The number of fused-ring (bicyclic) bond motifs is 2. The Bertz CT molecular complexity index is 1100. The Morgan fingerprint density at radius 1 is 0.714 bits per heavy atom. The molecule has 0 heterocycles. The van der Waals surface area contributed by atoms with Gasteiger partial charge in [0.2, 0.25) is 0 Å². The SMILES string of the molecule is CC.Cc1ccc2ccccc2c1-c1cc(CC(C)C)c2ccccc2c1C. The summed E-state index contributed by atoms with van der Waals surface area (Å²) in [6.07, 6.45) is 1.11. The third-order valence-electron chi connectivity index (χ3n) is 5.43. The van der Waals surface area contributed by atoms with Gasteiger partial charge in [0.25, 0.3) is 0 Å². The molecule has 0 bridgehead atoms. The summed E-state index contributed by atoms with van der Waals surface area (Å²) >= 11 is 0. The van der Waals surface area contributed by atoms with Crippen molar-refractivity contribution in [3.05, 3.63) is 83.4 Å². The zero-order valence-corrected chi connectivity index (χ0v) is 18.1. The predicted molar refractivity (Wildman–Crippen MR) is 126 cm³/mol. The van der Waals surface area contributed by atoms with Crippen LogP contribution in [0.4, 0.5) is 0 Å². The van der Waals surface area contributed by atoms with E-state index in [2.05, 4.69) is 94.4 Å². The van der Waals surface area contributed by atoms with Gasteiger partial charge in [-0.1, -0.05) is 94.4 Å². The van der Waals surface area contributed by atoms with E-state index < -0.39 is 0 Å². The van der Waals surface area contributed by atoms with E-state index in [1.807, 2.05) is 13.8 Å². The van der Waals surface area contributed by atoms with Crippen molar-refractivity contribution in [3.63, 3.8) is 0 Å². The molecule has 0 aliphatic rings. The zero-order chi connectivity index (χ0) is 20.3. The maximum atomic E-state index is 2.45. The molecule has 4 rings (SSSR count). The summed E-state index contributed by atoms with van der Waals surface area (Å²) < 4.78 is 0. The van der Waals surface area contributed by atoms with Crippen LogP contribution in [0.15, 0.2) is 66.7 Å². The molecule has 0 heteroatoms. The Morgan fingerprint density at radius 2 is 1.32 bits per heavy atom. The molecule has 0 nitrogen and oxygen atoms in total. The van der Waals surface area contributed by atoms with Crippen molar-refractivity contribution in [2.75, 3.05) is 0 Å². The van der Waals surface area contributed by atoms with Crippen molar-refractivity contribution >= 4 is 21.5 Å². The molecule has 0 aliphatic carbocycles. The monoisotopic (exact) mass is 368 g/mol. The van der Waals surface area contributed by atoms with Crippen molar-refractivity contribution in [1.29, 1.82) is 0 Å². The molecule has 0 unspecified atom stereocenters. The third kappa shape index (κ3) is 3.69. The standard InChI is InChI=1S/C26H26.C2H6/c1-17(2)15-21-16-25(19(4)22-10-7-8-11-23(21)22)26-18(3)13-14-20-9-5-6-12-24(20)26;1-2/h5-14,16-17H,15H2,1-4H3;1-2H3. The van der Waals surface area contributed by atoms with E-state index >= 15 is 0 Å². The maximum Gasteiger partial charge on any atom is -0.00731 e. The first-order chi connectivity index (χ1) is 13.6. The molecular formula is C28H32. The second-order valence-electron chi connectivity index (χ2n) is 7.83. The van der Waals surface area contributed by atoms with Gasteiger partial charge in [0.1, 0.15) is 0 Å². The van der Waals surface area contributed by atoms with Gasteiger partial charge in [-0.05, 0) is 75.5 Å². The fourth-order valence-electron chi connectivity index (χ4n) is 4.20. The minimum absolute atomic E-state index is 0.641. The molecule has 0 saturated carbocycles. The highest BCUT2D eigenvalue weighted by atomic mass is 14.2. The van der Waals surface area contributed by atoms with Gasteiger partial charge >= 0.3 is 0 Å². The van der Waals surface area contributed by atoms with Crippen LogP contribution in [-0.2, 0) is 6.42 Å². The van der Waals surface area contributed by atoms with E-state index in [1.54, 1.807) is 0 Å². The normalized spacial score (nSPS) is 11.0. The number of benzene rings is 4. The quantitative estimate of drug-likeness (QED) is 0.340. The summed E-state index contributed by atoms with van der Waals surface area (Å²) in [5.74, 6) is 0.641. The van der Waals surface area contributed by atoms with Crippen LogP contribution in [0.25, 0.3) is 32.7 Å². The summed E-state index contributed by atoms with van der Waals surface area (Å²) in [7, 11) is 0. The Hall–Kier alpha value is -2.60. The second-order valence-corrected chi connectivity index (χ2v) is 7.83. The molecule has 0 radical (unpaired) electrons. The number of hydrogen-bond acceptors (Lipinski definition) is 0. The highest BCUT2D eigenvalue weighted by molar-refractivity contribution is 6.03. The molecule has 4 aromatic carbocycles. The van der Waals surface area contributed by atoms with E-state index in [4.69, 9.17) is 0 Å². The highest BCUT2D eigenvalue weighted by Gasteiger charge is 2.15. The van der Waals surface area contributed by atoms with Gasteiger partial charge in [-0.25, -0.2) is 0 Å². The van der Waals surface area contributed by atoms with Crippen LogP contribution in [0.3, 0.4) is 0 Å². The molecule has 0 N–H and O–H groups in total. The lowest BCUT2D eigenvalue weighted by atomic mass is 9.85. The lowest BCUT2D eigenvalue weighted by molar-refractivity contribution is 0.650. The van der Waals surface area contributed by atoms with Crippen LogP contribution in [0, 0.1) is 19.8 Å². The van der Waals surface area contributed by atoms with E-state index in [0.717, 1.165) is 6.42 Å². The van der Waals surface area contributed by atoms with Crippen LogP contribution in [-0.4, -0.2) is 0 Å². The number of hydrogen-bond donors (Lipinski definition) is 0. The zero-order valence-electron chi connectivity index (χ0n) is 18.1. The Morgan fingerprint density at radius 3 is 2.00 bits per heavy atom. The van der Waals surface area contributed by atoms with E-state index in [9.17, 15) is 0 Å². The third-order valence-corrected chi connectivity index (χ3v) is 5.43. The van der Waals surface area contributed by atoms with Crippen LogP contribution < -0.4 is 0 Å². The molecule has 0 aromatic heterocycles. The smallest absolute Gasteiger partial charge is 0.00731 e. The van der Waals surface area contributed by atoms with Crippen LogP contribution in [0.5, 0.6) is 0 Å². The minimum Gasteiger partial charge on any atom is -0.0683 e. The fraction of sp³-hybridized carbons (Fsp3) is 0.286. The van der Waals surface area contributed by atoms with Crippen LogP contribution in [0.2, 0.25) is 0 Å². The molecular weight excluding hydrogens is 336 g/mol. The van der Waals surface area contributed by atoms with Gasteiger partial charge in [0.15, 0.2) is 0 Å². The molecule has 0 atom stereocenters. The summed E-state index contributed by atoms with van der Waals surface area (Å²) in [6.45, 7) is 13.1. The Labute approximate surface area is 170 Å². The second kappa shape index (κ2) is 8.61. The predicted octanol–water partition coefficient (Wildman–Crippen LogP) is 8.50. The lowest BCUT2D eigenvalue weighted by Gasteiger charge is -2.19. The van der Waals surface area contributed by atoms with Gasteiger partial charge in [0, 0.05) is 0 Å². The molecule has 4 aromatic rings. The lowest BCUT2D eigenvalue weighted by Crippen LogP contribution is -1.99. The molecule has 28 heavy (non-hydrogen) atoms. The fourth-order valence-corrected chi connectivity index (χ4v) is 4.20. The van der Waals surface area contributed by atoms with Crippen molar-refractivity contribution in [2.45, 2.75) is 48.0 Å². The summed E-state index contributed by atoms with van der Waals surface area (Å²) in [4.78, 5) is 0. The Kier molecular flexibility index (Phi) is 6.19. The van der Waals surface area contributed by atoms with Crippen LogP contribution >= 0.6 is 0 Å². The maximum absolute atomic E-state index is 2.45. The van der Waals surface area contributed by atoms with Crippen LogP contribution in [0.1, 0.15) is 44.4 Å². The van der Waals surface area contributed by atoms with E-state index in [0.29, 0.717) is 5.92 Å². The Balaban J connectivity index is 0.00000109. The topological polar surface area (TPSA) is 0 Å². The average Bonchev–Trinajstić information content (AvgIpc) is 2.72. The van der Waals surface area contributed by atoms with Crippen molar-refractivity contribution in [1.82, 2.24) is 0 Å². The first kappa shape index (κ1) is 20.1. The minimum atomic E-state index is 0.641. The highest BCUT2D eigenvalue weighted by Crippen LogP contribution is 2.38. The largest absolute Gasteiger partial charge is 0.0683 e. The van der Waals surface area contributed by atoms with Gasteiger partial charge in [-0.15, -0.1) is 0 Å². The van der Waals surface area contributed by atoms with Crippen molar-refractivity contribution in [2.24, 2.45) is 5.92 Å². The van der Waals surface area contributed by atoms with Crippen molar-refractivity contribution < 1.29 is 0 Å². The average molecular weight is 369 g/mol. The molecule has 0 saturated heterocycles. The summed E-state index contributed by atoms with van der Waals surface area (Å²) in [5, 5.41) is 5.45.